The van der Waals surface area contributed by atoms with Crippen LogP contribution < -0.4 is 10.6 Å². The van der Waals surface area contributed by atoms with Crippen LogP contribution in [0, 0.1) is 11.3 Å². The topological polar surface area (TPSA) is 50.4 Å². The van der Waals surface area contributed by atoms with Gasteiger partial charge < -0.3 is 15.4 Å². The highest BCUT2D eigenvalue weighted by Crippen LogP contribution is 2.51. The van der Waals surface area contributed by atoms with Crippen molar-refractivity contribution in [2.24, 2.45) is 11.3 Å². The summed E-state index contributed by atoms with van der Waals surface area (Å²) in [5, 5.41) is 6.89. The Morgan fingerprint density at radius 1 is 1.23 bits per heavy atom. The fraction of sp³-hybridized carbons (Fsp3) is 0.941. The van der Waals surface area contributed by atoms with Crippen molar-refractivity contribution >= 4 is 18.3 Å². The van der Waals surface area contributed by atoms with E-state index >= 15 is 0 Å². The Labute approximate surface area is 140 Å². The van der Waals surface area contributed by atoms with Gasteiger partial charge in [0.2, 0.25) is 5.91 Å². The van der Waals surface area contributed by atoms with E-state index in [2.05, 4.69) is 31.4 Å². The lowest BCUT2D eigenvalue weighted by Crippen LogP contribution is -2.68. The van der Waals surface area contributed by atoms with E-state index in [-0.39, 0.29) is 35.4 Å². The molecule has 1 amide bonds. The molecule has 2 N–H and O–H groups in total. The van der Waals surface area contributed by atoms with Crippen molar-refractivity contribution in [2.75, 3.05) is 7.11 Å². The summed E-state index contributed by atoms with van der Waals surface area (Å²) in [4.78, 5) is 12.4. The first-order valence-corrected chi connectivity index (χ1v) is 8.44. The van der Waals surface area contributed by atoms with Crippen molar-refractivity contribution < 1.29 is 9.53 Å². The number of ether oxygens (including phenoxy) is 1. The van der Waals surface area contributed by atoms with E-state index in [0.717, 1.165) is 6.42 Å². The second kappa shape index (κ2) is 6.29. The Kier molecular flexibility index (Phi) is 5.15. The molecule has 4 unspecified atom stereocenters. The molecular weight excluding hydrogens is 300 g/mol. The summed E-state index contributed by atoms with van der Waals surface area (Å²) in [5.74, 6) is 0.804. The van der Waals surface area contributed by atoms with E-state index in [0.29, 0.717) is 24.4 Å². The number of carbonyl (C=O) groups is 1. The first-order valence-electron chi connectivity index (χ1n) is 8.44. The normalized spacial score (nSPS) is 42.2. The summed E-state index contributed by atoms with van der Waals surface area (Å²) in [6, 6.07) is 1.57. The van der Waals surface area contributed by atoms with Crippen molar-refractivity contribution in [3.8, 4) is 0 Å². The van der Waals surface area contributed by atoms with Crippen molar-refractivity contribution in [1.29, 1.82) is 0 Å². The highest BCUT2D eigenvalue weighted by molar-refractivity contribution is 5.85. The maximum Gasteiger partial charge on any atom is 0.220 e. The summed E-state index contributed by atoms with van der Waals surface area (Å²) >= 11 is 0. The third-order valence-corrected chi connectivity index (χ3v) is 6.66. The van der Waals surface area contributed by atoms with Gasteiger partial charge in [-0.15, -0.1) is 12.4 Å². The van der Waals surface area contributed by atoms with Gasteiger partial charge in [0.25, 0.3) is 0 Å². The fourth-order valence-electron chi connectivity index (χ4n) is 4.58. The van der Waals surface area contributed by atoms with E-state index in [1.165, 1.54) is 25.7 Å². The van der Waals surface area contributed by atoms with Crippen LogP contribution in [0.15, 0.2) is 0 Å². The van der Waals surface area contributed by atoms with Crippen molar-refractivity contribution in [1.82, 2.24) is 10.6 Å². The lowest BCUT2D eigenvalue weighted by atomic mass is 9.56. The van der Waals surface area contributed by atoms with Gasteiger partial charge in [-0.25, -0.2) is 0 Å². The van der Waals surface area contributed by atoms with Gasteiger partial charge in [-0.3, -0.25) is 4.79 Å². The molecule has 3 aliphatic rings. The number of carbonyl (C=O) groups excluding carboxylic acids is 1. The molecule has 3 rings (SSSR count). The number of piperidine rings is 1. The zero-order chi connectivity index (χ0) is 15.3. The Hall–Kier alpha value is -0.320. The molecule has 2 bridgehead atoms. The number of halogens is 1. The van der Waals surface area contributed by atoms with Crippen LogP contribution in [-0.4, -0.2) is 36.7 Å². The molecule has 2 heterocycles. The molecule has 5 heteroatoms. The molecule has 4 nitrogen and oxygen atoms in total. The molecule has 22 heavy (non-hydrogen) atoms. The SMILES string of the molecule is COC1(C)CC(NC(=O)CC2CC3CCC(C2)N3)C1(C)C.Cl. The van der Waals surface area contributed by atoms with Crippen LogP contribution in [0.2, 0.25) is 0 Å². The van der Waals surface area contributed by atoms with E-state index in [9.17, 15) is 4.79 Å². The average Bonchev–Trinajstić information content (AvgIpc) is 2.77. The van der Waals surface area contributed by atoms with Crippen LogP contribution in [0.3, 0.4) is 0 Å². The molecule has 2 saturated heterocycles. The lowest BCUT2D eigenvalue weighted by molar-refractivity contribution is -0.182. The molecule has 0 aromatic heterocycles. The van der Waals surface area contributed by atoms with Crippen molar-refractivity contribution in [2.45, 2.75) is 83.0 Å². The number of hydrogen-bond donors (Lipinski definition) is 2. The van der Waals surface area contributed by atoms with Gasteiger partial charge in [0.05, 0.1) is 5.60 Å². The molecule has 1 aliphatic carbocycles. The maximum absolute atomic E-state index is 12.4. The highest BCUT2D eigenvalue weighted by Gasteiger charge is 2.58. The fourth-order valence-corrected chi connectivity index (χ4v) is 4.58. The number of fused-ring (bicyclic) bond motifs is 2. The summed E-state index contributed by atoms with van der Waals surface area (Å²) in [5.41, 5.74) is -0.108. The minimum Gasteiger partial charge on any atom is -0.378 e. The predicted octanol–water partition coefficient (Wildman–Crippen LogP) is 2.65. The van der Waals surface area contributed by atoms with E-state index in [1.54, 1.807) is 7.11 Å². The summed E-state index contributed by atoms with van der Waals surface area (Å²) in [6.07, 6.45) is 6.56. The van der Waals surface area contributed by atoms with E-state index < -0.39 is 0 Å². The molecule has 2 aliphatic heterocycles. The zero-order valence-electron chi connectivity index (χ0n) is 14.3. The average molecular weight is 331 g/mol. The number of methoxy groups -OCH3 is 1. The van der Waals surface area contributed by atoms with Gasteiger partial charge >= 0.3 is 0 Å². The molecule has 4 atom stereocenters. The largest absolute Gasteiger partial charge is 0.378 e. The Morgan fingerprint density at radius 2 is 1.82 bits per heavy atom. The number of rotatable bonds is 4. The van der Waals surface area contributed by atoms with E-state index in [1.807, 2.05) is 0 Å². The van der Waals surface area contributed by atoms with Crippen LogP contribution in [0.25, 0.3) is 0 Å². The van der Waals surface area contributed by atoms with Crippen LogP contribution in [0.1, 0.15) is 59.3 Å². The minimum atomic E-state index is -0.112. The maximum atomic E-state index is 12.4. The van der Waals surface area contributed by atoms with Gasteiger partial charge in [0.15, 0.2) is 0 Å². The number of hydrogen-bond acceptors (Lipinski definition) is 3. The molecule has 0 aromatic carbocycles. The first-order chi connectivity index (χ1) is 9.84. The third kappa shape index (κ3) is 3.02. The Morgan fingerprint density at radius 3 is 2.32 bits per heavy atom. The zero-order valence-corrected chi connectivity index (χ0v) is 15.1. The van der Waals surface area contributed by atoms with Crippen molar-refractivity contribution in [3.63, 3.8) is 0 Å². The van der Waals surface area contributed by atoms with Gasteiger partial charge in [0, 0.05) is 37.1 Å². The van der Waals surface area contributed by atoms with Crippen LogP contribution in [0.4, 0.5) is 0 Å². The molecule has 0 radical (unpaired) electrons. The molecule has 0 spiro atoms. The van der Waals surface area contributed by atoms with Gasteiger partial charge in [-0.05, 0) is 44.9 Å². The monoisotopic (exact) mass is 330 g/mol. The van der Waals surface area contributed by atoms with Crippen LogP contribution in [0.5, 0.6) is 0 Å². The van der Waals surface area contributed by atoms with Gasteiger partial charge in [-0.1, -0.05) is 13.8 Å². The molecule has 0 aromatic rings. The first kappa shape index (κ1) is 18.0. The summed E-state index contributed by atoms with van der Waals surface area (Å²) < 4.78 is 5.63. The molecule has 128 valence electrons. The van der Waals surface area contributed by atoms with E-state index in [4.69, 9.17) is 4.74 Å². The predicted molar refractivity (Wildman–Crippen MR) is 90.3 cm³/mol. The lowest BCUT2D eigenvalue weighted by Gasteiger charge is -2.59. The van der Waals surface area contributed by atoms with Crippen molar-refractivity contribution in [3.05, 3.63) is 0 Å². The van der Waals surface area contributed by atoms with Crippen LogP contribution in [-0.2, 0) is 9.53 Å². The quantitative estimate of drug-likeness (QED) is 0.833. The van der Waals surface area contributed by atoms with Gasteiger partial charge in [0.1, 0.15) is 0 Å². The Bertz CT molecular complexity index is 417. The highest BCUT2D eigenvalue weighted by atomic mass is 35.5. The second-order valence-electron chi connectivity index (χ2n) is 8.16. The summed E-state index contributed by atoms with van der Waals surface area (Å²) in [7, 11) is 1.77. The number of amides is 1. The number of nitrogens with one attached hydrogen (secondary N) is 2. The Balaban J connectivity index is 0.00000176. The third-order valence-electron chi connectivity index (χ3n) is 6.66. The standard InChI is InChI=1S/C17H30N2O2.ClH/c1-16(2)14(10-17(16,3)21-4)19-15(20)9-11-7-12-5-6-13(8-11)18-12;/h11-14,18H,5-10H2,1-4H3,(H,19,20);1H. The molecule has 1 saturated carbocycles. The minimum absolute atomic E-state index is 0. The summed E-state index contributed by atoms with van der Waals surface area (Å²) in [6.45, 7) is 6.52. The molecular formula is C17H31ClN2O2. The smallest absolute Gasteiger partial charge is 0.220 e. The van der Waals surface area contributed by atoms with Gasteiger partial charge in [-0.2, -0.15) is 0 Å². The van der Waals surface area contributed by atoms with Crippen LogP contribution >= 0.6 is 12.4 Å². The molecule has 3 fully saturated rings. The second-order valence-corrected chi connectivity index (χ2v) is 8.16.